The van der Waals surface area contributed by atoms with Crippen molar-refractivity contribution < 1.29 is 45.2 Å². The number of benzene rings is 4. The molecule has 6 nitrogen and oxygen atoms in total. The minimum absolute atomic E-state index is 0.0425. The molecule has 4 aromatic carbocycles. The van der Waals surface area contributed by atoms with Crippen molar-refractivity contribution in [1.82, 2.24) is 14.4 Å². The Bertz CT molecular complexity index is 2540. The third kappa shape index (κ3) is 8.74. The highest BCUT2D eigenvalue weighted by atomic mass is 32.2. The van der Waals surface area contributed by atoms with Crippen molar-refractivity contribution in [1.29, 1.82) is 0 Å². The van der Waals surface area contributed by atoms with E-state index in [2.05, 4.69) is 0 Å². The van der Waals surface area contributed by atoms with Crippen LogP contribution in [-0.2, 0) is 34.5 Å². The van der Waals surface area contributed by atoms with Crippen LogP contribution in [0.1, 0.15) is 43.2 Å². The number of pyridine rings is 1. The van der Waals surface area contributed by atoms with Gasteiger partial charge in [0, 0.05) is 62.0 Å². The molecule has 1 aliphatic rings. The first-order chi connectivity index (χ1) is 29.0. The van der Waals surface area contributed by atoms with Crippen LogP contribution < -0.4 is 5.43 Å². The van der Waals surface area contributed by atoms with Crippen molar-refractivity contribution in [3.05, 3.63) is 135 Å². The fraction of sp³-hybridized carbons (Fsp3) is 0.300. The van der Waals surface area contributed by atoms with Crippen LogP contribution in [0.15, 0.2) is 107 Å². The molecule has 0 saturated carbocycles. The molecule has 0 radical (unpaired) electrons. The van der Waals surface area contributed by atoms with Gasteiger partial charge in [0.15, 0.2) is 17.1 Å². The van der Waals surface area contributed by atoms with Gasteiger partial charge in [-0.2, -0.15) is 13.2 Å². The summed E-state index contributed by atoms with van der Waals surface area (Å²) in [6.45, 7) is -2.90. The number of hydrogen-bond acceptors (Lipinski definition) is 5. The zero-order valence-corrected chi connectivity index (χ0v) is 28.3. The highest BCUT2D eigenvalue weighted by Crippen LogP contribution is 2.32. The van der Waals surface area contributed by atoms with Gasteiger partial charge >= 0.3 is 6.18 Å². The number of alkyl halides is 3. The van der Waals surface area contributed by atoms with E-state index in [9.17, 15) is 34.3 Å². The quantitative estimate of drug-likeness (QED) is 0.0949. The summed E-state index contributed by atoms with van der Waals surface area (Å²) in [7, 11) is -2.62. The molecule has 1 aromatic heterocycles. The molecule has 0 atom stereocenters. The maximum atomic E-state index is 14.9. The Morgan fingerprint density at radius 1 is 1.02 bits per heavy atom. The fourth-order valence-corrected chi connectivity index (χ4v) is 6.94. The molecule has 6 rings (SSSR count). The molecular formula is C40H38F5N3O3S. The van der Waals surface area contributed by atoms with Crippen molar-refractivity contribution >= 4 is 28.6 Å². The first kappa shape index (κ1) is 26.3. The van der Waals surface area contributed by atoms with E-state index in [-0.39, 0.29) is 61.0 Å². The van der Waals surface area contributed by atoms with Gasteiger partial charge in [-0.3, -0.25) is 9.59 Å². The van der Waals surface area contributed by atoms with Gasteiger partial charge in [0.2, 0.25) is 5.91 Å². The summed E-state index contributed by atoms with van der Waals surface area (Å²) in [4.78, 5) is 31.5. The number of thioether (sulfide) groups is 1. The number of nitrogens with zero attached hydrogens (tertiary/aromatic N) is 3. The number of halogens is 5. The number of hydrogen-bond donors (Lipinski definition) is 0. The molecule has 0 unspecified atom stereocenters. The Labute approximate surface area is 316 Å². The second-order valence-corrected chi connectivity index (χ2v) is 13.0. The number of fused-ring (bicyclic) bond motifs is 1. The summed E-state index contributed by atoms with van der Waals surface area (Å²) < 4.78 is 158. The lowest BCUT2D eigenvalue weighted by Gasteiger charge is -2.39. The first-order valence-electron chi connectivity index (χ1n) is 21.2. The average Bonchev–Trinajstić information content (AvgIpc) is 3.21. The van der Waals surface area contributed by atoms with Gasteiger partial charge in [-0.1, -0.05) is 60.6 Å². The normalized spacial score (nSPS) is 17.5. The number of likely N-dealkylation sites (tertiary alicyclic amines) is 1. The Morgan fingerprint density at radius 2 is 1.71 bits per heavy atom. The maximum Gasteiger partial charge on any atom is 0.416 e. The van der Waals surface area contributed by atoms with Crippen molar-refractivity contribution in [2.75, 3.05) is 33.3 Å². The molecule has 12 heteroatoms. The zero-order valence-electron chi connectivity index (χ0n) is 37.4. The van der Waals surface area contributed by atoms with Crippen LogP contribution in [0, 0.1) is 11.6 Å². The monoisotopic (exact) mass is 745 g/mol. The van der Waals surface area contributed by atoms with E-state index in [1.54, 1.807) is 0 Å². The minimum atomic E-state index is -4.56. The molecule has 2 heterocycles. The smallest absolute Gasteiger partial charge is 0.383 e. The molecule has 272 valence electrons. The number of carbonyl (C=O) groups is 1. The molecule has 0 bridgehead atoms. The molecule has 1 fully saturated rings. The Balaban J connectivity index is 1.43. The highest BCUT2D eigenvalue weighted by molar-refractivity contribution is 7.98. The molecule has 5 aromatic rings. The van der Waals surface area contributed by atoms with Gasteiger partial charge in [-0.15, -0.1) is 11.8 Å². The Kier molecular flexibility index (Phi) is 8.31. The van der Waals surface area contributed by atoms with Gasteiger partial charge in [-0.25, -0.2) is 8.78 Å². The molecule has 1 amide bonds. The van der Waals surface area contributed by atoms with E-state index in [0.29, 0.717) is 22.9 Å². The van der Waals surface area contributed by atoms with Crippen molar-refractivity contribution in [2.24, 2.45) is 0 Å². The number of methoxy groups -OCH3 is 1. The van der Waals surface area contributed by atoms with Gasteiger partial charge in [0.05, 0.1) is 36.4 Å². The maximum absolute atomic E-state index is 14.9. The second-order valence-electron chi connectivity index (χ2n) is 12.0. The summed E-state index contributed by atoms with van der Waals surface area (Å²) >= 11 is 0.638. The predicted molar refractivity (Wildman–Crippen MR) is 193 cm³/mol. The number of para-hydroxylation sites is 1. The second kappa shape index (κ2) is 16.4. The molecule has 0 spiro atoms. The lowest BCUT2D eigenvalue weighted by molar-refractivity contribution is -0.137. The van der Waals surface area contributed by atoms with Gasteiger partial charge < -0.3 is 19.1 Å². The number of rotatable bonds is 12. The first-order valence-corrected chi connectivity index (χ1v) is 17.2. The van der Waals surface area contributed by atoms with Crippen LogP contribution in [0.3, 0.4) is 0 Å². The Morgan fingerprint density at radius 3 is 2.40 bits per heavy atom. The number of ether oxygens (including phenoxy) is 1. The fourth-order valence-electron chi connectivity index (χ4n) is 5.94. The van der Waals surface area contributed by atoms with Crippen LogP contribution >= 0.6 is 11.8 Å². The minimum Gasteiger partial charge on any atom is -0.383 e. The lowest BCUT2D eigenvalue weighted by Crippen LogP contribution is -2.48. The summed E-state index contributed by atoms with van der Waals surface area (Å²) in [6.07, 6.45) is -4.23. The van der Waals surface area contributed by atoms with Crippen LogP contribution in [0.25, 0.3) is 22.0 Å². The van der Waals surface area contributed by atoms with E-state index >= 15 is 0 Å². The molecule has 52 heavy (non-hydrogen) atoms. The molecule has 0 N–H and O–H groups in total. The molecule has 1 saturated heterocycles. The number of aromatic nitrogens is 1. The van der Waals surface area contributed by atoms with E-state index in [1.807, 2.05) is 4.90 Å². The predicted octanol–water partition coefficient (Wildman–Crippen LogP) is 8.40. The summed E-state index contributed by atoms with van der Waals surface area (Å²) in [5.41, 5.74) is -1.83. The average molecular weight is 746 g/mol. The van der Waals surface area contributed by atoms with Crippen molar-refractivity contribution in [3.8, 4) is 11.1 Å². The third-order valence-corrected chi connectivity index (χ3v) is 9.75. The topological polar surface area (TPSA) is 54.8 Å². The molecular weight excluding hydrogens is 698 g/mol. The largest absolute Gasteiger partial charge is 0.416 e. The van der Waals surface area contributed by atoms with Gasteiger partial charge in [-0.05, 0) is 59.8 Å². The zero-order chi connectivity index (χ0) is 45.5. The number of carbonyl (C=O) groups excluding carboxylic acids is 1. The van der Waals surface area contributed by atoms with E-state index < -0.39 is 102 Å². The van der Waals surface area contributed by atoms with Crippen LogP contribution in [0.4, 0.5) is 22.0 Å². The van der Waals surface area contributed by atoms with Crippen LogP contribution in [0.2, 0.25) is 0 Å². The highest BCUT2D eigenvalue weighted by Gasteiger charge is 2.31. The third-order valence-electron chi connectivity index (χ3n) is 8.70. The molecule has 1 aliphatic heterocycles. The summed E-state index contributed by atoms with van der Waals surface area (Å²) in [6, 6.07) is 8.69. The summed E-state index contributed by atoms with van der Waals surface area (Å²) in [5.74, 6) is -3.73. The van der Waals surface area contributed by atoms with Crippen molar-refractivity contribution in [2.45, 2.75) is 48.9 Å². The van der Waals surface area contributed by atoms with Crippen LogP contribution in [-0.4, -0.2) is 59.6 Å². The van der Waals surface area contributed by atoms with E-state index in [0.717, 1.165) is 27.7 Å². The van der Waals surface area contributed by atoms with Gasteiger partial charge in [0.1, 0.15) is 6.54 Å². The number of piperidine rings is 1. The van der Waals surface area contributed by atoms with Gasteiger partial charge in [0.25, 0.3) is 0 Å². The number of amides is 1. The standard InChI is InChI=1S/C40H38F5N3O3S/c1-51-22-21-46-19-17-32(18-20-46)47(24-27-9-11-28(12-10-27)29-13-15-31(16-14-29)40(43,44)45)37(50)25-48-35-8-3-2-6-33(35)36(49)23-38(48)52-26-30-5-4-7-34(41)39(30)42/h2-16,23,32H,17-22,24-26H2,1H3/i1D3,2D,3D,6D,8D,23D,24D2. The van der Waals surface area contributed by atoms with E-state index in [4.69, 9.17) is 15.7 Å². The van der Waals surface area contributed by atoms with Crippen molar-refractivity contribution in [3.63, 3.8) is 0 Å². The summed E-state index contributed by atoms with van der Waals surface area (Å²) in [5, 5.41) is -0.953. The molecule has 0 aliphatic carbocycles. The van der Waals surface area contributed by atoms with Crippen LogP contribution in [0.5, 0.6) is 0 Å². The lowest BCUT2D eigenvalue weighted by atomic mass is 10.00. The Hall–Kier alpha value is -4.52. The van der Waals surface area contributed by atoms with E-state index in [1.165, 1.54) is 48.5 Å². The SMILES string of the molecule is [2H]c1c([2H])c([2H])c2c(c1[2H])c(=O)c([2H])c(SCc1cccc(F)c1F)n2CC(=O)N(C1CCN(CCOC([2H])([2H])[2H])CC1)C([2H])([2H])c1ccc(-c2ccc(C(F)(F)F)cc2)cc1.